The minimum absolute atomic E-state index is 0.126. The summed E-state index contributed by atoms with van der Waals surface area (Å²) in [4.78, 5) is 11.0. The van der Waals surface area contributed by atoms with Crippen LogP contribution in [0.5, 0.6) is 0 Å². The van der Waals surface area contributed by atoms with Crippen molar-refractivity contribution in [3.05, 3.63) is 0 Å². The molecule has 3 heteroatoms. The van der Waals surface area contributed by atoms with E-state index in [9.17, 15) is 4.79 Å². The maximum atomic E-state index is 11.0. The first-order valence-electron chi connectivity index (χ1n) is 5.04. The van der Waals surface area contributed by atoms with Crippen molar-refractivity contribution in [3.63, 3.8) is 0 Å². The van der Waals surface area contributed by atoms with Gasteiger partial charge in [0.1, 0.15) is 6.29 Å². The van der Waals surface area contributed by atoms with Crippen molar-refractivity contribution in [2.45, 2.75) is 45.0 Å². The molecule has 0 aromatic carbocycles. The number of rotatable bonds is 3. The molecule has 3 nitrogen and oxygen atoms in total. The lowest BCUT2D eigenvalue weighted by molar-refractivity contribution is -0.132. The Morgan fingerprint density at radius 2 is 2.54 bits per heavy atom. The first-order valence-corrected chi connectivity index (χ1v) is 5.04. The van der Waals surface area contributed by atoms with Gasteiger partial charge in [0, 0.05) is 13.0 Å². The Morgan fingerprint density at radius 1 is 1.69 bits per heavy atom. The van der Waals surface area contributed by atoms with Gasteiger partial charge >= 0.3 is 0 Å². The van der Waals surface area contributed by atoms with Gasteiger partial charge in [-0.15, -0.1) is 0 Å². The van der Waals surface area contributed by atoms with Crippen LogP contribution >= 0.6 is 0 Å². The van der Waals surface area contributed by atoms with Gasteiger partial charge in [-0.25, -0.2) is 0 Å². The fourth-order valence-electron chi connectivity index (χ4n) is 2.51. The van der Waals surface area contributed by atoms with E-state index >= 15 is 0 Å². The van der Waals surface area contributed by atoms with E-state index in [2.05, 4.69) is 0 Å². The lowest BCUT2D eigenvalue weighted by atomic mass is 9.84. The summed E-state index contributed by atoms with van der Waals surface area (Å²) in [6.07, 6.45) is 4.94. The molecule has 0 aromatic rings. The van der Waals surface area contributed by atoms with Crippen LogP contribution in [-0.2, 0) is 14.3 Å². The third-order valence-corrected chi connectivity index (χ3v) is 3.20. The molecule has 0 radical (unpaired) electrons. The van der Waals surface area contributed by atoms with Crippen molar-refractivity contribution >= 4 is 6.29 Å². The van der Waals surface area contributed by atoms with Crippen LogP contribution in [0, 0.1) is 5.41 Å². The Bertz CT molecular complexity index is 204. The van der Waals surface area contributed by atoms with Gasteiger partial charge in [0.15, 0.2) is 6.29 Å². The van der Waals surface area contributed by atoms with Gasteiger partial charge in [-0.1, -0.05) is 0 Å². The van der Waals surface area contributed by atoms with E-state index in [4.69, 9.17) is 9.47 Å². The van der Waals surface area contributed by atoms with Gasteiger partial charge in [-0.2, -0.15) is 0 Å². The number of ether oxygens (including phenoxy) is 2. The lowest BCUT2D eigenvalue weighted by Gasteiger charge is -2.18. The van der Waals surface area contributed by atoms with Crippen LogP contribution in [0.15, 0.2) is 0 Å². The number of hydrogen-bond acceptors (Lipinski definition) is 3. The zero-order chi connectivity index (χ0) is 9.31. The van der Waals surface area contributed by atoms with E-state index in [1.165, 1.54) is 0 Å². The summed E-state index contributed by atoms with van der Waals surface area (Å²) < 4.78 is 11.1. The first-order chi connectivity index (χ1) is 6.30. The molecule has 1 unspecified atom stereocenters. The normalized spacial score (nSPS) is 43.5. The highest BCUT2D eigenvalue weighted by atomic mass is 16.7. The molecule has 3 atom stereocenters. The Labute approximate surface area is 78.4 Å². The predicted molar refractivity (Wildman–Crippen MR) is 47.3 cm³/mol. The molecule has 74 valence electrons. The van der Waals surface area contributed by atoms with Gasteiger partial charge in [0.05, 0.1) is 11.5 Å². The number of fused-ring (bicyclic) bond motifs is 1. The van der Waals surface area contributed by atoms with Gasteiger partial charge in [0.2, 0.25) is 0 Å². The number of carbonyl (C=O) groups excluding carboxylic acids is 1. The number of carbonyl (C=O) groups is 1. The average molecular weight is 184 g/mol. The van der Waals surface area contributed by atoms with E-state index < -0.39 is 0 Å². The van der Waals surface area contributed by atoms with Crippen LogP contribution in [0.4, 0.5) is 0 Å². The predicted octanol–water partition coefficient (Wildman–Crippen LogP) is 1.51. The summed E-state index contributed by atoms with van der Waals surface area (Å²) in [7, 11) is 0. The van der Waals surface area contributed by atoms with Crippen LogP contribution in [0.2, 0.25) is 0 Å². The molecule has 0 N–H and O–H groups in total. The lowest BCUT2D eigenvalue weighted by Crippen LogP contribution is -2.26. The zero-order valence-electron chi connectivity index (χ0n) is 7.99. The molecule has 1 aliphatic heterocycles. The largest absolute Gasteiger partial charge is 0.353 e. The molecular weight excluding hydrogens is 168 g/mol. The number of aldehydes is 1. The average Bonchev–Trinajstić information content (AvgIpc) is 2.61. The quantitative estimate of drug-likeness (QED) is 0.624. The van der Waals surface area contributed by atoms with Crippen LogP contribution in [0.1, 0.15) is 32.6 Å². The SMILES string of the molecule is CCOC1C[C@]2(C=O)CCC[C@@H]2O1. The highest BCUT2D eigenvalue weighted by Crippen LogP contribution is 2.48. The van der Waals surface area contributed by atoms with Crippen molar-refractivity contribution < 1.29 is 14.3 Å². The zero-order valence-corrected chi connectivity index (χ0v) is 7.99. The second-order valence-electron chi connectivity index (χ2n) is 3.96. The summed E-state index contributed by atoms with van der Waals surface area (Å²) in [6.45, 7) is 2.61. The van der Waals surface area contributed by atoms with Crippen LogP contribution in [0.25, 0.3) is 0 Å². The van der Waals surface area contributed by atoms with Gasteiger partial charge in [-0.3, -0.25) is 0 Å². The molecule has 2 rings (SSSR count). The van der Waals surface area contributed by atoms with Gasteiger partial charge in [-0.05, 0) is 26.2 Å². The molecule has 2 aliphatic rings. The molecule has 0 aromatic heterocycles. The maximum absolute atomic E-state index is 11.0. The molecule has 0 amide bonds. The summed E-state index contributed by atoms with van der Waals surface area (Å²) in [5.41, 5.74) is -0.208. The Balaban J connectivity index is 2.04. The third-order valence-electron chi connectivity index (χ3n) is 3.20. The summed E-state index contributed by atoms with van der Waals surface area (Å²) in [6, 6.07) is 0. The highest BCUT2D eigenvalue weighted by molar-refractivity contribution is 5.62. The van der Waals surface area contributed by atoms with Crippen LogP contribution < -0.4 is 0 Å². The fraction of sp³-hybridized carbons (Fsp3) is 0.900. The van der Waals surface area contributed by atoms with Crippen LogP contribution in [-0.4, -0.2) is 25.3 Å². The second-order valence-corrected chi connectivity index (χ2v) is 3.96. The Morgan fingerprint density at radius 3 is 3.15 bits per heavy atom. The van der Waals surface area contributed by atoms with E-state index in [0.717, 1.165) is 32.0 Å². The smallest absolute Gasteiger partial charge is 0.159 e. The molecule has 2 fully saturated rings. The first kappa shape index (κ1) is 9.16. The van der Waals surface area contributed by atoms with E-state index in [-0.39, 0.29) is 17.8 Å². The monoisotopic (exact) mass is 184 g/mol. The minimum atomic E-state index is -0.208. The standard InChI is InChI=1S/C10H16O3/c1-2-12-9-6-10(7-11)5-3-4-8(10)13-9/h7-9H,2-6H2,1H3/t8-,9?,10-/m0/s1. The Hall–Kier alpha value is -0.410. The van der Waals surface area contributed by atoms with E-state index in [0.29, 0.717) is 6.61 Å². The molecule has 0 bridgehead atoms. The molecule has 1 saturated heterocycles. The van der Waals surface area contributed by atoms with E-state index in [1.54, 1.807) is 0 Å². The summed E-state index contributed by atoms with van der Waals surface area (Å²) in [5.74, 6) is 0. The Kier molecular flexibility index (Phi) is 2.39. The van der Waals surface area contributed by atoms with Crippen LogP contribution in [0.3, 0.4) is 0 Å². The highest BCUT2D eigenvalue weighted by Gasteiger charge is 2.51. The molecule has 1 aliphatic carbocycles. The number of hydrogen-bond donors (Lipinski definition) is 0. The fourth-order valence-corrected chi connectivity index (χ4v) is 2.51. The topological polar surface area (TPSA) is 35.5 Å². The maximum Gasteiger partial charge on any atom is 0.159 e. The third kappa shape index (κ3) is 1.40. The molecular formula is C10H16O3. The minimum Gasteiger partial charge on any atom is -0.353 e. The molecule has 1 saturated carbocycles. The molecule has 0 spiro atoms. The van der Waals surface area contributed by atoms with Gasteiger partial charge in [0.25, 0.3) is 0 Å². The molecule has 13 heavy (non-hydrogen) atoms. The second kappa shape index (κ2) is 3.39. The van der Waals surface area contributed by atoms with Gasteiger partial charge < -0.3 is 14.3 Å². The molecule has 1 heterocycles. The van der Waals surface area contributed by atoms with Crippen molar-refractivity contribution in [2.24, 2.45) is 5.41 Å². The van der Waals surface area contributed by atoms with E-state index in [1.807, 2.05) is 6.92 Å². The van der Waals surface area contributed by atoms with Crippen molar-refractivity contribution in [1.29, 1.82) is 0 Å². The van der Waals surface area contributed by atoms with Crippen molar-refractivity contribution in [2.75, 3.05) is 6.61 Å². The van der Waals surface area contributed by atoms with Crippen molar-refractivity contribution in [3.8, 4) is 0 Å². The summed E-state index contributed by atoms with van der Waals surface area (Å²) >= 11 is 0. The summed E-state index contributed by atoms with van der Waals surface area (Å²) in [5, 5.41) is 0. The van der Waals surface area contributed by atoms with Crippen molar-refractivity contribution in [1.82, 2.24) is 0 Å².